The molecule has 0 saturated carbocycles. The van der Waals surface area contributed by atoms with Crippen LogP contribution in [0.15, 0.2) is 30.5 Å². The molecule has 5 heteroatoms. The highest BCUT2D eigenvalue weighted by Crippen LogP contribution is 2.27. The molecule has 0 bridgehead atoms. The highest BCUT2D eigenvalue weighted by molar-refractivity contribution is 6.31. The van der Waals surface area contributed by atoms with Crippen molar-refractivity contribution >= 4 is 17.3 Å². The van der Waals surface area contributed by atoms with E-state index >= 15 is 0 Å². The average molecular weight is 279 g/mol. The van der Waals surface area contributed by atoms with Gasteiger partial charge in [0.15, 0.2) is 16.7 Å². The van der Waals surface area contributed by atoms with E-state index in [0.29, 0.717) is 17.4 Å². The van der Waals surface area contributed by atoms with Crippen molar-refractivity contribution in [2.75, 3.05) is 12.4 Å². The normalized spacial score (nSPS) is 10.3. The molecule has 0 fully saturated rings. The van der Waals surface area contributed by atoms with Gasteiger partial charge in [-0.15, -0.1) is 0 Å². The smallest absolute Gasteiger partial charge is 0.160 e. The Morgan fingerprint density at radius 2 is 2.16 bits per heavy atom. The van der Waals surface area contributed by atoms with Crippen molar-refractivity contribution in [2.45, 2.75) is 13.5 Å². The summed E-state index contributed by atoms with van der Waals surface area (Å²) in [5.74, 6) is 0.578. The summed E-state index contributed by atoms with van der Waals surface area (Å²) in [6.45, 7) is 2.50. The molecule has 1 aromatic heterocycles. The van der Waals surface area contributed by atoms with Crippen LogP contribution in [0.3, 0.4) is 0 Å². The second-order valence-corrected chi connectivity index (χ2v) is 4.57. The minimum atomic E-state index is 0.121. The lowest BCUT2D eigenvalue weighted by Crippen LogP contribution is -2.01. The first-order valence-corrected chi connectivity index (χ1v) is 6.20. The Morgan fingerprint density at radius 3 is 2.84 bits per heavy atom. The summed E-state index contributed by atoms with van der Waals surface area (Å²) in [4.78, 5) is 4.07. The lowest BCUT2D eigenvalue weighted by molar-refractivity contribution is 0.373. The van der Waals surface area contributed by atoms with Crippen LogP contribution in [0.5, 0.6) is 11.5 Å². The first-order chi connectivity index (χ1) is 9.10. The first-order valence-electron chi connectivity index (χ1n) is 5.82. The number of hydrogen-bond donors (Lipinski definition) is 2. The second kappa shape index (κ2) is 5.80. The number of aromatic hydroxyl groups is 1. The molecule has 0 spiro atoms. The van der Waals surface area contributed by atoms with Gasteiger partial charge in [-0.2, -0.15) is 0 Å². The number of anilines is 1. The Kier molecular flexibility index (Phi) is 4.12. The topological polar surface area (TPSA) is 54.4 Å². The SMILES string of the molecule is COc1ccc(CNc2cc(C)cnc2Cl)cc1O. The number of halogens is 1. The minimum Gasteiger partial charge on any atom is -0.504 e. The molecular formula is C14H15ClN2O2. The van der Waals surface area contributed by atoms with Crippen molar-refractivity contribution < 1.29 is 9.84 Å². The number of phenols is 1. The lowest BCUT2D eigenvalue weighted by Gasteiger charge is -2.10. The zero-order valence-corrected chi connectivity index (χ0v) is 11.5. The molecule has 1 heterocycles. The van der Waals surface area contributed by atoms with Crippen LogP contribution in [0.4, 0.5) is 5.69 Å². The van der Waals surface area contributed by atoms with E-state index in [2.05, 4.69) is 10.3 Å². The molecule has 100 valence electrons. The van der Waals surface area contributed by atoms with E-state index in [1.165, 1.54) is 7.11 Å². The van der Waals surface area contributed by atoms with Gasteiger partial charge in [-0.25, -0.2) is 4.98 Å². The molecule has 0 atom stereocenters. The molecule has 0 amide bonds. The van der Waals surface area contributed by atoms with Gasteiger partial charge >= 0.3 is 0 Å². The Hall–Kier alpha value is -1.94. The van der Waals surface area contributed by atoms with E-state index < -0.39 is 0 Å². The number of pyridine rings is 1. The molecule has 0 saturated heterocycles. The van der Waals surface area contributed by atoms with Crippen LogP contribution in [-0.2, 0) is 6.54 Å². The maximum absolute atomic E-state index is 9.70. The van der Waals surface area contributed by atoms with Crippen LogP contribution in [-0.4, -0.2) is 17.2 Å². The summed E-state index contributed by atoms with van der Waals surface area (Å²) in [7, 11) is 1.52. The fourth-order valence-corrected chi connectivity index (χ4v) is 1.89. The van der Waals surface area contributed by atoms with Crippen molar-refractivity contribution in [3.8, 4) is 11.5 Å². The van der Waals surface area contributed by atoms with Gasteiger partial charge < -0.3 is 15.2 Å². The fraction of sp³-hybridized carbons (Fsp3) is 0.214. The van der Waals surface area contributed by atoms with Gasteiger partial charge in [-0.05, 0) is 36.2 Å². The summed E-state index contributed by atoms with van der Waals surface area (Å²) in [6.07, 6.45) is 1.72. The Bertz CT molecular complexity index is 588. The molecule has 1 aromatic carbocycles. The zero-order chi connectivity index (χ0) is 13.8. The maximum Gasteiger partial charge on any atom is 0.160 e. The van der Waals surface area contributed by atoms with Crippen LogP contribution in [0, 0.1) is 6.92 Å². The van der Waals surface area contributed by atoms with Crippen molar-refractivity contribution in [3.63, 3.8) is 0 Å². The van der Waals surface area contributed by atoms with Crippen molar-refractivity contribution in [3.05, 3.63) is 46.7 Å². The number of nitrogens with zero attached hydrogens (tertiary/aromatic N) is 1. The van der Waals surface area contributed by atoms with Crippen LogP contribution >= 0.6 is 11.6 Å². The van der Waals surface area contributed by atoms with Crippen LogP contribution in [0.1, 0.15) is 11.1 Å². The predicted molar refractivity (Wildman–Crippen MR) is 76.0 cm³/mol. The molecule has 0 unspecified atom stereocenters. The van der Waals surface area contributed by atoms with E-state index in [9.17, 15) is 5.11 Å². The zero-order valence-electron chi connectivity index (χ0n) is 10.8. The molecule has 2 rings (SSSR count). The predicted octanol–water partition coefficient (Wildman–Crippen LogP) is 3.37. The first kappa shape index (κ1) is 13.5. The third-order valence-corrected chi connectivity index (χ3v) is 3.00. The van der Waals surface area contributed by atoms with Gasteiger partial charge in [-0.3, -0.25) is 0 Å². The summed E-state index contributed by atoms with van der Waals surface area (Å²) in [5.41, 5.74) is 2.73. The van der Waals surface area contributed by atoms with E-state index in [0.717, 1.165) is 16.8 Å². The van der Waals surface area contributed by atoms with Gasteiger partial charge in [0.1, 0.15) is 0 Å². The number of ether oxygens (including phenoxy) is 1. The molecule has 19 heavy (non-hydrogen) atoms. The number of methoxy groups -OCH3 is 1. The third-order valence-electron chi connectivity index (χ3n) is 2.70. The number of rotatable bonds is 4. The molecule has 2 N–H and O–H groups in total. The lowest BCUT2D eigenvalue weighted by atomic mass is 10.2. The van der Waals surface area contributed by atoms with Gasteiger partial charge in [-0.1, -0.05) is 17.7 Å². The number of aromatic nitrogens is 1. The van der Waals surface area contributed by atoms with E-state index in [4.69, 9.17) is 16.3 Å². The van der Waals surface area contributed by atoms with Crippen molar-refractivity contribution in [2.24, 2.45) is 0 Å². The Morgan fingerprint density at radius 1 is 1.37 bits per heavy atom. The Balaban J connectivity index is 2.10. The van der Waals surface area contributed by atoms with Gasteiger partial charge in [0.2, 0.25) is 0 Å². The highest BCUT2D eigenvalue weighted by Gasteiger charge is 2.04. The third kappa shape index (κ3) is 3.29. The number of benzene rings is 1. The molecular weight excluding hydrogens is 264 g/mol. The van der Waals surface area contributed by atoms with Gasteiger partial charge in [0.05, 0.1) is 12.8 Å². The molecule has 0 aliphatic heterocycles. The van der Waals surface area contributed by atoms with Gasteiger partial charge in [0.25, 0.3) is 0 Å². The molecule has 4 nitrogen and oxygen atoms in total. The molecule has 2 aromatic rings. The van der Waals surface area contributed by atoms with Crippen molar-refractivity contribution in [1.82, 2.24) is 4.98 Å². The van der Waals surface area contributed by atoms with E-state index in [1.54, 1.807) is 18.3 Å². The number of phenolic OH excluding ortho intramolecular Hbond substituents is 1. The van der Waals surface area contributed by atoms with E-state index in [1.807, 2.05) is 19.1 Å². The quantitative estimate of drug-likeness (QED) is 0.842. The Labute approximate surface area is 117 Å². The van der Waals surface area contributed by atoms with Crippen LogP contribution < -0.4 is 10.1 Å². The maximum atomic E-state index is 9.70. The standard InChI is InChI=1S/C14H15ClN2O2/c1-9-5-11(14(15)17-7-9)16-8-10-3-4-13(19-2)12(18)6-10/h3-7,16,18H,8H2,1-2H3. The van der Waals surface area contributed by atoms with Crippen molar-refractivity contribution in [1.29, 1.82) is 0 Å². The summed E-state index contributed by atoms with van der Waals surface area (Å²) in [5, 5.41) is 13.3. The molecule has 0 radical (unpaired) electrons. The average Bonchev–Trinajstić information content (AvgIpc) is 2.40. The highest BCUT2D eigenvalue weighted by atomic mass is 35.5. The summed E-state index contributed by atoms with van der Waals surface area (Å²) < 4.78 is 5.00. The summed E-state index contributed by atoms with van der Waals surface area (Å²) >= 11 is 6.00. The fourth-order valence-electron chi connectivity index (χ4n) is 1.72. The van der Waals surface area contributed by atoms with Crippen LogP contribution in [0.2, 0.25) is 5.15 Å². The number of aryl methyl sites for hydroxylation is 1. The summed E-state index contributed by atoms with van der Waals surface area (Å²) in [6, 6.07) is 7.19. The second-order valence-electron chi connectivity index (χ2n) is 4.21. The number of nitrogens with one attached hydrogen (secondary N) is 1. The monoisotopic (exact) mass is 278 g/mol. The van der Waals surface area contributed by atoms with Crippen LogP contribution in [0.25, 0.3) is 0 Å². The van der Waals surface area contributed by atoms with Gasteiger partial charge in [0, 0.05) is 12.7 Å². The minimum absolute atomic E-state index is 0.121. The molecule has 0 aliphatic carbocycles. The van der Waals surface area contributed by atoms with E-state index in [-0.39, 0.29) is 5.75 Å². The molecule has 0 aliphatic rings. The number of hydrogen-bond acceptors (Lipinski definition) is 4. The largest absolute Gasteiger partial charge is 0.504 e.